The van der Waals surface area contributed by atoms with Gasteiger partial charge in [-0.3, -0.25) is 0 Å². The van der Waals surface area contributed by atoms with Crippen molar-refractivity contribution in [1.29, 1.82) is 0 Å². The largest absolute Gasteiger partial charge is 0.372 e. The summed E-state index contributed by atoms with van der Waals surface area (Å²) in [6, 6.07) is 7.16. The second-order valence-electron chi connectivity index (χ2n) is 6.06. The quantitative estimate of drug-likeness (QED) is 0.774. The van der Waals surface area contributed by atoms with Gasteiger partial charge in [-0.15, -0.1) is 0 Å². The minimum Gasteiger partial charge on any atom is -0.372 e. The lowest BCUT2D eigenvalue weighted by Gasteiger charge is -2.27. The summed E-state index contributed by atoms with van der Waals surface area (Å²) in [5.41, 5.74) is 0.923. The van der Waals surface area contributed by atoms with E-state index in [1.54, 1.807) is 12.1 Å². The van der Waals surface area contributed by atoms with Crippen molar-refractivity contribution in [1.82, 2.24) is 5.32 Å². The molecule has 20 heavy (non-hydrogen) atoms. The highest BCUT2D eigenvalue weighted by Crippen LogP contribution is 2.30. The molecule has 3 heteroatoms. The van der Waals surface area contributed by atoms with E-state index >= 15 is 0 Å². The zero-order valence-electron chi connectivity index (χ0n) is 12.6. The Kier molecular flexibility index (Phi) is 5.99. The van der Waals surface area contributed by atoms with Crippen LogP contribution in [0.15, 0.2) is 24.3 Å². The van der Waals surface area contributed by atoms with Crippen LogP contribution in [-0.4, -0.2) is 19.2 Å². The van der Waals surface area contributed by atoms with Gasteiger partial charge in [-0.1, -0.05) is 45.2 Å². The van der Waals surface area contributed by atoms with Gasteiger partial charge in [0.15, 0.2) is 0 Å². The average molecular weight is 279 g/mol. The summed E-state index contributed by atoms with van der Waals surface area (Å²) in [6.45, 7) is 5.71. The van der Waals surface area contributed by atoms with Gasteiger partial charge >= 0.3 is 0 Å². The van der Waals surface area contributed by atoms with Crippen molar-refractivity contribution in [3.63, 3.8) is 0 Å². The third-order valence-electron chi connectivity index (χ3n) is 4.00. The molecule has 0 bridgehead atoms. The van der Waals surface area contributed by atoms with Crippen molar-refractivity contribution >= 4 is 0 Å². The standard InChI is InChI=1S/C17H26FNO/c1-13(2)19-12-17(15-7-4-8-16(18)11-15)20-10-9-14-5-3-6-14/h4,7-8,11,13-14,17,19H,3,5-6,9-10,12H2,1-2H3. The molecule has 1 aliphatic rings. The van der Waals surface area contributed by atoms with Crippen LogP contribution < -0.4 is 5.32 Å². The van der Waals surface area contributed by atoms with Crippen molar-refractivity contribution in [3.8, 4) is 0 Å². The van der Waals surface area contributed by atoms with Gasteiger partial charge < -0.3 is 10.1 Å². The van der Waals surface area contributed by atoms with E-state index in [2.05, 4.69) is 19.2 Å². The molecule has 0 saturated heterocycles. The monoisotopic (exact) mass is 279 g/mol. The second kappa shape index (κ2) is 7.75. The van der Waals surface area contributed by atoms with Crippen molar-refractivity contribution in [2.24, 2.45) is 5.92 Å². The molecule has 1 saturated carbocycles. The minimum absolute atomic E-state index is 0.0619. The second-order valence-corrected chi connectivity index (χ2v) is 6.06. The molecule has 2 nitrogen and oxygen atoms in total. The van der Waals surface area contributed by atoms with Crippen LogP contribution in [0.4, 0.5) is 4.39 Å². The Hall–Kier alpha value is -0.930. The smallest absolute Gasteiger partial charge is 0.123 e. The molecular formula is C17H26FNO. The maximum atomic E-state index is 13.4. The van der Waals surface area contributed by atoms with Crippen molar-refractivity contribution in [2.75, 3.05) is 13.2 Å². The Bertz CT molecular complexity index is 404. The van der Waals surface area contributed by atoms with Crippen LogP contribution in [0.2, 0.25) is 0 Å². The van der Waals surface area contributed by atoms with E-state index in [-0.39, 0.29) is 11.9 Å². The lowest BCUT2D eigenvalue weighted by Crippen LogP contribution is -2.29. The molecule has 1 aliphatic carbocycles. The number of benzene rings is 1. The predicted octanol–water partition coefficient (Wildman–Crippen LogP) is 4.07. The fraction of sp³-hybridized carbons (Fsp3) is 0.647. The zero-order chi connectivity index (χ0) is 14.4. The zero-order valence-corrected chi connectivity index (χ0v) is 12.6. The number of ether oxygens (including phenoxy) is 1. The SMILES string of the molecule is CC(C)NCC(OCCC1CCC1)c1cccc(F)c1. The number of hydrogen-bond acceptors (Lipinski definition) is 2. The molecule has 0 heterocycles. The van der Waals surface area contributed by atoms with E-state index in [1.165, 1.54) is 25.3 Å². The van der Waals surface area contributed by atoms with Gasteiger partial charge in [0.1, 0.15) is 5.82 Å². The van der Waals surface area contributed by atoms with E-state index in [0.717, 1.165) is 31.1 Å². The molecular weight excluding hydrogens is 253 g/mol. The van der Waals surface area contributed by atoms with E-state index in [4.69, 9.17) is 4.74 Å². The molecule has 112 valence electrons. The molecule has 0 aromatic heterocycles. The first-order valence-corrected chi connectivity index (χ1v) is 7.75. The number of hydrogen-bond donors (Lipinski definition) is 1. The Morgan fingerprint density at radius 2 is 2.15 bits per heavy atom. The average Bonchev–Trinajstić information content (AvgIpc) is 2.35. The van der Waals surface area contributed by atoms with Crippen LogP contribution in [0.1, 0.15) is 51.2 Å². The summed E-state index contributed by atoms with van der Waals surface area (Å²) >= 11 is 0. The van der Waals surface area contributed by atoms with E-state index in [1.807, 2.05) is 6.07 Å². The van der Waals surface area contributed by atoms with E-state index in [0.29, 0.717) is 6.04 Å². The predicted molar refractivity (Wildman–Crippen MR) is 80.2 cm³/mol. The van der Waals surface area contributed by atoms with Gasteiger partial charge in [0.25, 0.3) is 0 Å². The molecule has 2 rings (SSSR count). The maximum absolute atomic E-state index is 13.4. The van der Waals surface area contributed by atoms with Gasteiger partial charge in [0.2, 0.25) is 0 Å². The Morgan fingerprint density at radius 3 is 2.75 bits per heavy atom. The normalized spacial score (nSPS) is 17.2. The molecule has 1 N–H and O–H groups in total. The summed E-state index contributed by atoms with van der Waals surface area (Å²) in [6.07, 6.45) is 5.13. The maximum Gasteiger partial charge on any atom is 0.123 e. The van der Waals surface area contributed by atoms with Crippen LogP contribution in [0.3, 0.4) is 0 Å². The van der Waals surface area contributed by atoms with Crippen molar-refractivity contribution in [2.45, 2.75) is 51.7 Å². The van der Waals surface area contributed by atoms with Crippen LogP contribution in [0.5, 0.6) is 0 Å². The third kappa shape index (κ3) is 4.88. The lowest BCUT2D eigenvalue weighted by molar-refractivity contribution is 0.0359. The minimum atomic E-state index is -0.195. The van der Waals surface area contributed by atoms with E-state index in [9.17, 15) is 4.39 Å². The number of halogens is 1. The highest BCUT2D eigenvalue weighted by Gasteiger charge is 2.19. The van der Waals surface area contributed by atoms with Crippen LogP contribution in [0, 0.1) is 11.7 Å². The molecule has 0 radical (unpaired) electrons. The molecule has 1 unspecified atom stereocenters. The third-order valence-corrected chi connectivity index (χ3v) is 4.00. The van der Waals surface area contributed by atoms with E-state index < -0.39 is 0 Å². The highest BCUT2D eigenvalue weighted by molar-refractivity contribution is 5.19. The summed E-state index contributed by atoms with van der Waals surface area (Å²) in [5, 5.41) is 3.38. The molecule has 0 aliphatic heterocycles. The fourth-order valence-corrected chi connectivity index (χ4v) is 2.48. The first-order chi connectivity index (χ1) is 9.65. The first kappa shape index (κ1) is 15.5. The van der Waals surface area contributed by atoms with Crippen LogP contribution in [-0.2, 0) is 4.74 Å². The molecule has 1 aromatic carbocycles. The molecule has 1 fully saturated rings. The Balaban J connectivity index is 1.88. The molecule has 0 spiro atoms. The summed E-state index contributed by atoms with van der Waals surface area (Å²) in [7, 11) is 0. The number of rotatable bonds is 8. The summed E-state index contributed by atoms with van der Waals surface area (Å²) < 4.78 is 19.4. The van der Waals surface area contributed by atoms with Gasteiger partial charge in [-0.2, -0.15) is 0 Å². The van der Waals surface area contributed by atoms with Gasteiger partial charge in [0.05, 0.1) is 6.10 Å². The Morgan fingerprint density at radius 1 is 1.35 bits per heavy atom. The molecule has 0 amide bonds. The van der Waals surface area contributed by atoms with Crippen molar-refractivity contribution < 1.29 is 9.13 Å². The highest BCUT2D eigenvalue weighted by atomic mass is 19.1. The van der Waals surface area contributed by atoms with Gasteiger partial charge in [-0.25, -0.2) is 4.39 Å². The Labute approximate surface area is 121 Å². The summed E-state index contributed by atoms with van der Waals surface area (Å²) in [5.74, 6) is 0.654. The van der Waals surface area contributed by atoms with Gasteiger partial charge in [0, 0.05) is 19.2 Å². The molecule has 1 aromatic rings. The topological polar surface area (TPSA) is 21.3 Å². The fourth-order valence-electron chi connectivity index (χ4n) is 2.48. The summed E-state index contributed by atoms with van der Waals surface area (Å²) in [4.78, 5) is 0. The van der Waals surface area contributed by atoms with Crippen LogP contribution >= 0.6 is 0 Å². The first-order valence-electron chi connectivity index (χ1n) is 7.75. The van der Waals surface area contributed by atoms with Gasteiger partial charge in [-0.05, 0) is 30.0 Å². The van der Waals surface area contributed by atoms with Crippen molar-refractivity contribution in [3.05, 3.63) is 35.6 Å². The van der Waals surface area contributed by atoms with Crippen LogP contribution in [0.25, 0.3) is 0 Å². The number of nitrogens with one attached hydrogen (secondary N) is 1. The lowest BCUT2D eigenvalue weighted by atomic mass is 9.83. The molecule has 1 atom stereocenters.